The highest BCUT2D eigenvalue weighted by Gasteiger charge is 2.31. The second kappa shape index (κ2) is 5.53. The standard InChI is InChI=1S/C11H14N2O6/c1-11(16,10(14)15)6-12-7-4-3-5-8(19-2)9(7)13(17)18/h3-5,12,16H,6H2,1-2H3,(H,14,15). The minimum absolute atomic E-state index is 0.0463. The van der Waals surface area contributed by atoms with Crippen LogP contribution in [0.5, 0.6) is 5.75 Å². The van der Waals surface area contributed by atoms with Crippen molar-refractivity contribution in [3.05, 3.63) is 28.3 Å². The third-order valence-corrected chi connectivity index (χ3v) is 2.49. The van der Waals surface area contributed by atoms with E-state index in [1.165, 1.54) is 25.3 Å². The molecule has 0 bridgehead atoms. The number of aliphatic carboxylic acids is 1. The number of methoxy groups -OCH3 is 1. The number of aliphatic hydroxyl groups is 1. The number of hydrogen-bond donors (Lipinski definition) is 3. The molecule has 0 aliphatic rings. The van der Waals surface area contributed by atoms with Crippen molar-refractivity contribution in [2.45, 2.75) is 12.5 Å². The van der Waals surface area contributed by atoms with Crippen LogP contribution in [0.4, 0.5) is 11.4 Å². The van der Waals surface area contributed by atoms with Gasteiger partial charge in [0.1, 0.15) is 5.69 Å². The minimum atomic E-state index is -2.03. The smallest absolute Gasteiger partial charge is 0.337 e. The van der Waals surface area contributed by atoms with Crippen LogP contribution in [0.25, 0.3) is 0 Å². The zero-order valence-electron chi connectivity index (χ0n) is 10.4. The van der Waals surface area contributed by atoms with Gasteiger partial charge in [0.05, 0.1) is 18.6 Å². The summed E-state index contributed by atoms with van der Waals surface area (Å²) >= 11 is 0. The van der Waals surface area contributed by atoms with Crippen molar-refractivity contribution in [2.75, 3.05) is 19.0 Å². The fraction of sp³-hybridized carbons (Fsp3) is 0.364. The number of carboxylic acids is 1. The number of rotatable bonds is 6. The van der Waals surface area contributed by atoms with Crippen LogP contribution < -0.4 is 10.1 Å². The van der Waals surface area contributed by atoms with Crippen molar-refractivity contribution in [3.8, 4) is 5.75 Å². The Labute approximate surface area is 108 Å². The summed E-state index contributed by atoms with van der Waals surface area (Å²) in [5.41, 5.74) is -2.27. The SMILES string of the molecule is COc1cccc(NCC(C)(O)C(=O)O)c1[N+](=O)[O-]. The van der Waals surface area contributed by atoms with Crippen LogP contribution in [-0.2, 0) is 4.79 Å². The maximum absolute atomic E-state index is 11.0. The molecule has 0 aliphatic carbocycles. The molecule has 0 saturated heterocycles. The summed E-state index contributed by atoms with van der Waals surface area (Å²) in [7, 11) is 1.29. The first-order chi connectivity index (χ1) is 8.79. The van der Waals surface area contributed by atoms with Crippen molar-refractivity contribution in [3.63, 3.8) is 0 Å². The topological polar surface area (TPSA) is 122 Å². The summed E-state index contributed by atoms with van der Waals surface area (Å²) in [4.78, 5) is 21.1. The lowest BCUT2D eigenvalue weighted by atomic mass is 10.1. The number of carbonyl (C=O) groups is 1. The van der Waals surface area contributed by atoms with E-state index in [1.807, 2.05) is 0 Å². The molecule has 19 heavy (non-hydrogen) atoms. The Hall–Kier alpha value is -2.35. The lowest BCUT2D eigenvalue weighted by Gasteiger charge is -2.19. The van der Waals surface area contributed by atoms with Gasteiger partial charge in [-0.05, 0) is 19.1 Å². The van der Waals surface area contributed by atoms with Crippen LogP contribution in [0.15, 0.2) is 18.2 Å². The molecule has 0 heterocycles. The first kappa shape index (κ1) is 14.7. The number of nitro benzene ring substituents is 1. The van der Waals surface area contributed by atoms with Crippen molar-refractivity contribution < 1.29 is 24.7 Å². The Bertz CT molecular complexity index is 500. The normalized spacial score (nSPS) is 13.4. The van der Waals surface area contributed by atoms with Gasteiger partial charge in [0, 0.05) is 0 Å². The number of benzene rings is 1. The van der Waals surface area contributed by atoms with Gasteiger partial charge in [-0.25, -0.2) is 4.79 Å². The molecule has 0 amide bonds. The molecule has 1 unspecified atom stereocenters. The van der Waals surface area contributed by atoms with Gasteiger partial charge in [0.25, 0.3) is 0 Å². The molecule has 1 aromatic carbocycles. The molecule has 8 heteroatoms. The molecule has 1 aromatic rings. The van der Waals surface area contributed by atoms with E-state index in [4.69, 9.17) is 9.84 Å². The number of hydrogen-bond acceptors (Lipinski definition) is 6. The van der Waals surface area contributed by atoms with Crippen molar-refractivity contribution in [1.29, 1.82) is 0 Å². The summed E-state index contributed by atoms with van der Waals surface area (Å²) < 4.78 is 4.87. The number of nitrogens with zero attached hydrogens (tertiary/aromatic N) is 1. The Morgan fingerprint density at radius 1 is 1.58 bits per heavy atom. The maximum atomic E-state index is 11.0. The van der Waals surface area contributed by atoms with Gasteiger partial charge in [0.15, 0.2) is 11.4 Å². The Kier molecular flexibility index (Phi) is 4.28. The molecule has 0 aromatic heterocycles. The first-order valence-corrected chi connectivity index (χ1v) is 5.30. The largest absolute Gasteiger partial charge is 0.490 e. The fourth-order valence-electron chi connectivity index (χ4n) is 1.36. The quantitative estimate of drug-likeness (QED) is 0.517. The van der Waals surface area contributed by atoms with Gasteiger partial charge in [0.2, 0.25) is 0 Å². The van der Waals surface area contributed by atoms with Gasteiger partial charge in [-0.2, -0.15) is 0 Å². The van der Waals surface area contributed by atoms with Crippen molar-refractivity contribution in [2.24, 2.45) is 0 Å². The summed E-state index contributed by atoms with van der Waals surface area (Å²) in [5, 5.41) is 31.8. The van der Waals surface area contributed by atoms with E-state index >= 15 is 0 Å². The number of carboxylic acid groups (broad SMARTS) is 1. The number of para-hydroxylation sites is 1. The van der Waals surface area contributed by atoms with Gasteiger partial charge in [-0.3, -0.25) is 10.1 Å². The predicted octanol–water partition coefficient (Wildman–Crippen LogP) is 0.851. The van der Waals surface area contributed by atoms with E-state index < -0.39 is 16.5 Å². The van der Waals surface area contributed by atoms with Gasteiger partial charge < -0.3 is 20.3 Å². The molecule has 0 aliphatic heterocycles. The van der Waals surface area contributed by atoms with Crippen LogP contribution in [0.2, 0.25) is 0 Å². The second-order valence-electron chi connectivity index (χ2n) is 4.05. The molecule has 1 atom stereocenters. The maximum Gasteiger partial charge on any atom is 0.337 e. The highest BCUT2D eigenvalue weighted by atomic mass is 16.6. The summed E-state index contributed by atoms with van der Waals surface area (Å²) in [6.07, 6.45) is 0. The number of anilines is 1. The molecule has 0 radical (unpaired) electrons. The molecular weight excluding hydrogens is 256 g/mol. The second-order valence-corrected chi connectivity index (χ2v) is 4.05. The van der Waals surface area contributed by atoms with Crippen molar-refractivity contribution >= 4 is 17.3 Å². The van der Waals surface area contributed by atoms with Gasteiger partial charge >= 0.3 is 11.7 Å². The van der Waals surface area contributed by atoms with Crippen LogP contribution in [-0.4, -0.2) is 40.4 Å². The van der Waals surface area contributed by atoms with Gasteiger partial charge in [-0.1, -0.05) is 6.07 Å². The molecular formula is C11H14N2O6. The number of nitro groups is 1. The zero-order chi connectivity index (χ0) is 14.6. The average Bonchev–Trinajstić information content (AvgIpc) is 2.35. The summed E-state index contributed by atoms with van der Waals surface area (Å²) in [5.74, 6) is -1.38. The highest BCUT2D eigenvalue weighted by molar-refractivity contribution is 5.78. The van der Waals surface area contributed by atoms with E-state index in [2.05, 4.69) is 5.32 Å². The van der Waals surface area contributed by atoms with Crippen LogP contribution in [0, 0.1) is 10.1 Å². The Balaban J connectivity index is 3.02. The fourth-order valence-corrected chi connectivity index (χ4v) is 1.36. The average molecular weight is 270 g/mol. The molecule has 1 rings (SSSR count). The summed E-state index contributed by atoms with van der Waals surface area (Å²) in [6, 6.07) is 4.33. The molecule has 3 N–H and O–H groups in total. The van der Waals surface area contributed by atoms with Crippen LogP contribution in [0.3, 0.4) is 0 Å². The molecule has 104 valence electrons. The third kappa shape index (κ3) is 3.32. The molecule has 0 fully saturated rings. The predicted molar refractivity (Wildman–Crippen MR) is 66.4 cm³/mol. The number of ether oxygens (including phenoxy) is 1. The van der Waals surface area contributed by atoms with Crippen LogP contribution >= 0.6 is 0 Å². The van der Waals surface area contributed by atoms with E-state index in [-0.39, 0.29) is 23.7 Å². The lowest BCUT2D eigenvalue weighted by Crippen LogP contribution is -2.41. The Morgan fingerprint density at radius 3 is 2.68 bits per heavy atom. The zero-order valence-corrected chi connectivity index (χ0v) is 10.4. The van der Waals surface area contributed by atoms with E-state index in [0.717, 1.165) is 6.92 Å². The molecule has 0 saturated carbocycles. The van der Waals surface area contributed by atoms with Crippen LogP contribution in [0.1, 0.15) is 6.92 Å². The molecule has 8 nitrogen and oxygen atoms in total. The summed E-state index contributed by atoms with van der Waals surface area (Å²) in [6.45, 7) is 0.713. The lowest BCUT2D eigenvalue weighted by molar-refractivity contribution is -0.384. The van der Waals surface area contributed by atoms with Gasteiger partial charge in [-0.15, -0.1) is 0 Å². The van der Waals surface area contributed by atoms with Crippen molar-refractivity contribution in [1.82, 2.24) is 0 Å². The highest BCUT2D eigenvalue weighted by Crippen LogP contribution is 2.34. The van der Waals surface area contributed by atoms with E-state index in [9.17, 15) is 20.0 Å². The molecule has 0 spiro atoms. The van der Waals surface area contributed by atoms with E-state index in [1.54, 1.807) is 0 Å². The Morgan fingerprint density at radius 2 is 2.21 bits per heavy atom. The monoisotopic (exact) mass is 270 g/mol. The number of nitrogens with one attached hydrogen (secondary N) is 1. The first-order valence-electron chi connectivity index (χ1n) is 5.30. The van der Waals surface area contributed by atoms with E-state index in [0.29, 0.717) is 0 Å². The minimum Gasteiger partial charge on any atom is -0.490 e. The third-order valence-electron chi connectivity index (χ3n) is 2.49.